The molecule has 12 atom stereocenters. The highest BCUT2D eigenvalue weighted by Gasteiger charge is 2.62. The van der Waals surface area contributed by atoms with Crippen molar-refractivity contribution >= 4 is 23.5 Å². The molecule has 0 bridgehead atoms. The van der Waals surface area contributed by atoms with E-state index in [0.29, 0.717) is 66.3 Å². The molecule has 0 saturated heterocycles. The number of ether oxygens (including phenoxy) is 2. The van der Waals surface area contributed by atoms with Crippen LogP contribution in [0.1, 0.15) is 181 Å². The van der Waals surface area contributed by atoms with Crippen LogP contribution in [-0.2, 0) is 35.1 Å². The summed E-state index contributed by atoms with van der Waals surface area (Å²) in [6.07, 6.45) is 21.0. The summed E-state index contributed by atoms with van der Waals surface area (Å²) in [6.45, 7) is 13.0. The minimum atomic E-state index is -0.337. The number of Topliss-reactive ketones (excluding diaryl/α,β-unsaturated/α-hetero) is 1. The molecular formula is C50H72O7. The molecule has 0 spiro atoms. The molecule has 7 aliphatic rings. The number of carbonyl (C=O) groups excluding carboxylic acids is 4. The number of hydrogen-bond donors (Lipinski definition) is 1. The van der Waals surface area contributed by atoms with E-state index in [9.17, 15) is 24.3 Å². The van der Waals surface area contributed by atoms with Crippen molar-refractivity contribution in [1.29, 1.82) is 0 Å². The van der Waals surface area contributed by atoms with Crippen molar-refractivity contribution in [3.8, 4) is 5.75 Å². The third-order valence-corrected chi connectivity index (χ3v) is 17.4. The van der Waals surface area contributed by atoms with Gasteiger partial charge in [-0.2, -0.15) is 0 Å². The second kappa shape index (κ2) is 17.0. The fourth-order valence-electron chi connectivity index (χ4n) is 14.4. The van der Waals surface area contributed by atoms with Crippen LogP contribution in [0, 0.1) is 51.8 Å². The van der Waals surface area contributed by atoms with E-state index in [1.54, 1.807) is 6.92 Å². The van der Waals surface area contributed by atoms with E-state index in [4.69, 9.17) is 9.47 Å². The number of unbranched alkanes of at least 4 members (excludes halogenated alkanes) is 3. The zero-order valence-electron chi connectivity index (χ0n) is 36.0. The van der Waals surface area contributed by atoms with E-state index in [2.05, 4.69) is 40.7 Å². The molecule has 0 amide bonds. The molecule has 5 fully saturated rings. The fraction of sp³-hybridized carbons (Fsp3) is 0.760. The molecule has 7 nitrogen and oxygen atoms in total. The van der Waals surface area contributed by atoms with E-state index in [-0.39, 0.29) is 52.1 Å². The number of hydrogen-bond acceptors (Lipinski definition) is 7. The van der Waals surface area contributed by atoms with Gasteiger partial charge in [-0.05, 0) is 167 Å². The zero-order chi connectivity index (χ0) is 40.7. The van der Waals surface area contributed by atoms with E-state index in [1.807, 2.05) is 18.2 Å². The first-order valence-electron chi connectivity index (χ1n) is 23.2. The van der Waals surface area contributed by atoms with Gasteiger partial charge in [0.1, 0.15) is 23.7 Å². The summed E-state index contributed by atoms with van der Waals surface area (Å²) in [5.41, 5.74) is 4.03. The molecule has 1 N–H and O–H groups in total. The molecule has 0 aliphatic heterocycles. The highest BCUT2D eigenvalue weighted by molar-refractivity contribution is 5.92. The topological polar surface area (TPSA) is 107 Å². The molecule has 4 unspecified atom stereocenters. The quantitative estimate of drug-likeness (QED) is 0.186. The summed E-state index contributed by atoms with van der Waals surface area (Å²) < 4.78 is 12.0. The van der Waals surface area contributed by atoms with Gasteiger partial charge in [-0.25, -0.2) is 0 Å². The number of aryl methyl sites for hydroxylation is 1. The average molecular weight is 785 g/mol. The van der Waals surface area contributed by atoms with Gasteiger partial charge in [0.25, 0.3) is 0 Å². The van der Waals surface area contributed by atoms with Crippen molar-refractivity contribution in [2.24, 2.45) is 51.8 Å². The van der Waals surface area contributed by atoms with Crippen molar-refractivity contribution in [3.05, 3.63) is 41.0 Å². The molecule has 0 heterocycles. The van der Waals surface area contributed by atoms with Gasteiger partial charge in [0, 0.05) is 36.0 Å². The molecule has 1 aromatic rings. The molecule has 0 radical (unpaired) electrons. The van der Waals surface area contributed by atoms with Crippen molar-refractivity contribution < 1.29 is 33.8 Å². The highest BCUT2D eigenvalue weighted by atomic mass is 16.5. The van der Waals surface area contributed by atoms with Gasteiger partial charge in [-0.1, -0.05) is 65.5 Å². The molecule has 314 valence electrons. The van der Waals surface area contributed by atoms with Crippen LogP contribution in [-0.4, -0.2) is 40.8 Å². The molecular weight excluding hydrogens is 713 g/mol. The minimum absolute atomic E-state index is 0.00492. The monoisotopic (exact) mass is 785 g/mol. The number of carbonyl (C=O) groups is 4. The summed E-state index contributed by atoms with van der Waals surface area (Å²) in [6, 6.07) is 5.97. The van der Waals surface area contributed by atoms with Crippen molar-refractivity contribution in [2.75, 3.05) is 0 Å². The number of rotatable bonds is 10. The normalized spacial score (nSPS) is 38.7. The van der Waals surface area contributed by atoms with Crippen molar-refractivity contribution in [3.63, 3.8) is 0 Å². The summed E-state index contributed by atoms with van der Waals surface area (Å²) >= 11 is 0. The number of benzene rings is 1. The minimum Gasteiger partial charge on any atom is -0.508 e. The number of aromatic hydroxyl groups is 1. The highest BCUT2D eigenvalue weighted by Crippen LogP contribution is 2.67. The molecule has 7 heteroatoms. The SMILES string of the molecule is CCCCC(=O)O[C@H]1CC[C@H]2[C@@H]3CCc4cc(O)ccc4[C@H]3CC[C@]12C.CCCCCC(=O)OC1CC(=O)C=C2CCC3C(CC[C@@]4(C)C3CC[C@@H]4C(C)=O)[C@]21C. The predicted octanol–water partition coefficient (Wildman–Crippen LogP) is 11.2. The Morgan fingerprint density at radius 2 is 1.40 bits per heavy atom. The summed E-state index contributed by atoms with van der Waals surface area (Å²) in [5, 5.41) is 9.81. The summed E-state index contributed by atoms with van der Waals surface area (Å²) in [5.74, 6) is 4.44. The molecule has 0 aromatic heterocycles. The lowest BCUT2D eigenvalue weighted by atomic mass is 9.46. The third-order valence-electron chi connectivity index (χ3n) is 17.4. The predicted molar refractivity (Wildman–Crippen MR) is 222 cm³/mol. The Bertz CT molecular complexity index is 1710. The second-order valence-corrected chi connectivity index (χ2v) is 20.3. The Kier molecular flexibility index (Phi) is 12.5. The van der Waals surface area contributed by atoms with E-state index < -0.39 is 0 Å². The number of fused-ring (bicyclic) bond motifs is 10. The van der Waals surface area contributed by atoms with E-state index in [0.717, 1.165) is 89.9 Å². The van der Waals surface area contributed by atoms with Crippen LogP contribution < -0.4 is 0 Å². The van der Waals surface area contributed by atoms with Crippen LogP contribution in [0.25, 0.3) is 0 Å². The Morgan fingerprint density at radius 1 is 0.737 bits per heavy atom. The van der Waals surface area contributed by atoms with Crippen LogP contribution in [0.5, 0.6) is 5.75 Å². The lowest BCUT2D eigenvalue weighted by Gasteiger charge is -2.59. The lowest BCUT2D eigenvalue weighted by molar-refractivity contribution is -0.166. The summed E-state index contributed by atoms with van der Waals surface area (Å²) in [4.78, 5) is 49.7. The largest absolute Gasteiger partial charge is 0.508 e. The van der Waals surface area contributed by atoms with Gasteiger partial charge < -0.3 is 14.6 Å². The van der Waals surface area contributed by atoms with Crippen LogP contribution in [0.15, 0.2) is 29.8 Å². The number of esters is 2. The maximum absolute atomic E-state index is 12.6. The second-order valence-electron chi connectivity index (χ2n) is 20.3. The molecule has 5 saturated carbocycles. The van der Waals surface area contributed by atoms with Crippen LogP contribution >= 0.6 is 0 Å². The van der Waals surface area contributed by atoms with Crippen LogP contribution in [0.3, 0.4) is 0 Å². The van der Waals surface area contributed by atoms with Crippen molar-refractivity contribution in [2.45, 2.75) is 188 Å². The standard InChI is InChI=1S/C27H40O4.C23H32O3/c1-5-6-7-8-25(30)31-24-16-19(29)15-18-9-10-20-22-12-11-21(17(2)28)26(22,3)14-13-23(20)27(18,24)4;1-3-4-5-22(25)26-21-11-10-20-19-8-6-15-14-16(24)7-9-17(15)18(19)12-13-23(20,21)2/h15,20-24H,5-14,16H2,1-4H3;7,9,14,18-21,24H,3-6,8,10-13H2,1-2H3/t20?,21-,22?,23?,24?,26-,27+;18-,19-,20+,21+,23+/m11/s1. The van der Waals surface area contributed by atoms with Gasteiger partial charge in [-0.15, -0.1) is 0 Å². The Morgan fingerprint density at radius 3 is 2.14 bits per heavy atom. The smallest absolute Gasteiger partial charge is 0.306 e. The molecule has 8 rings (SSSR count). The maximum atomic E-state index is 12.6. The number of phenols is 1. The van der Waals surface area contributed by atoms with Crippen LogP contribution in [0.2, 0.25) is 0 Å². The van der Waals surface area contributed by atoms with Gasteiger partial charge in [0.15, 0.2) is 5.78 Å². The maximum Gasteiger partial charge on any atom is 0.306 e. The number of ketones is 2. The van der Waals surface area contributed by atoms with Crippen molar-refractivity contribution in [1.82, 2.24) is 0 Å². The lowest BCUT2D eigenvalue weighted by Crippen LogP contribution is -2.56. The van der Waals surface area contributed by atoms with E-state index in [1.165, 1.54) is 36.0 Å². The first-order chi connectivity index (χ1) is 27.2. The number of phenolic OH excluding ortho intramolecular Hbond substituents is 1. The van der Waals surface area contributed by atoms with Gasteiger partial charge >= 0.3 is 11.9 Å². The fourth-order valence-corrected chi connectivity index (χ4v) is 14.4. The molecule has 7 aliphatic carbocycles. The first-order valence-corrected chi connectivity index (χ1v) is 23.2. The molecule has 1 aromatic carbocycles. The molecule has 57 heavy (non-hydrogen) atoms. The van der Waals surface area contributed by atoms with E-state index >= 15 is 0 Å². The zero-order valence-corrected chi connectivity index (χ0v) is 36.0. The van der Waals surface area contributed by atoms with Gasteiger partial charge in [0.05, 0.1) is 0 Å². The average Bonchev–Trinajstić information content (AvgIpc) is 3.71. The first kappa shape index (κ1) is 42.2. The summed E-state index contributed by atoms with van der Waals surface area (Å²) in [7, 11) is 0. The Labute approximate surface area is 342 Å². The van der Waals surface area contributed by atoms with Gasteiger partial charge in [0.2, 0.25) is 0 Å². The Hall–Kier alpha value is -2.96. The Balaban J connectivity index is 0.000000177. The van der Waals surface area contributed by atoms with Gasteiger partial charge in [-0.3, -0.25) is 19.2 Å². The third kappa shape index (κ3) is 7.81. The van der Waals surface area contributed by atoms with Crippen LogP contribution in [0.4, 0.5) is 0 Å².